The number of fused-ring (bicyclic) bond motifs is 1. The van der Waals surface area contributed by atoms with E-state index in [1.54, 1.807) is 77.1 Å². The second-order valence-corrected chi connectivity index (χ2v) is 7.84. The van der Waals surface area contributed by atoms with Crippen LogP contribution in [-0.4, -0.2) is 27.1 Å². The normalized spacial score (nSPS) is 20.1. The molecule has 0 bridgehead atoms. The van der Waals surface area contributed by atoms with Gasteiger partial charge in [-0.2, -0.15) is 5.26 Å². The molecule has 5 nitrogen and oxygen atoms in total. The van der Waals surface area contributed by atoms with E-state index in [-0.39, 0.29) is 6.54 Å². The van der Waals surface area contributed by atoms with Crippen molar-refractivity contribution in [2.45, 2.75) is 18.9 Å². The lowest BCUT2D eigenvalue weighted by Gasteiger charge is -2.29. The summed E-state index contributed by atoms with van der Waals surface area (Å²) in [6, 6.07) is 20.6. The molecule has 31 heavy (non-hydrogen) atoms. The van der Waals surface area contributed by atoms with Gasteiger partial charge < -0.3 is 4.90 Å². The molecule has 7 heteroatoms. The molecule has 2 aromatic heterocycles. The summed E-state index contributed by atoms with van der Waals surface area (Å²) < 4.78 is 32.0. The Labute approximate surface area is 178 Å². The van der Waals surface area contributed by atoms with Crippen molar-refractivity contribution in [1.29, 1.82) is 5.26 Å². The summed E-state index contributed by atoms with van der Waals surface area (Å²) >= 11 is 0. The van der Waals surface area contributed by atoms with Crippen LogP contribution < -0.4 is 4.90 Å². The molecule has 1 fully saturated rings. The van der Waals surface area contributed by atoms with E-state index in [1.165, 1.54) is 0 Å². The first kappa shape index (κ1) is 19.2. The van der Waals surface area contributed by atoms with Gasteiger partial charge in [0.2, 0.25) is 0 Å². The Kier molecular flexibility index (Phi) is 4.44. The van der Waals surface area contributed by atoms with Crippen molar-refractivity contribution in [3.63, 3.8) is 0 Å². The second kappa shape index (κ2) is 7.17. The van der Waals surface area contributed by atoms with Crippen LogP contribution in [0.4, 0.5) is 14.6 Å². The van der Waals surface area contributed by atoms with Crippen molar-refractivity contribution in [2.24, 2.45) is 5.92 Å². The smallest absolute Gasteiger partial charge is 0.276 e. The molecule has 0 unspecified atom stereocenters. The largest absolute Gasteiger partial charge is 0.342 e. The van der Waals surface area contributed by atoms with E-state index in [0.717, 1.165) is 5.56 Å². The summed E-state index contributed by atoms with van der Waals surface area (Å²) in [6.45, 7) is 1.77. The SMILES string of the molecule is C[C@H]1CN(c2ccc3ncc(-c4cccc(C#N)c4)n3n2)[C@H](c2ccccc2)C1(F)F. The second-order valence-electron chi connectivity index (χ2n) is 7.84. The third kappa shape index (κ3) is 3.12. The van der Waals surface area contributed by atoms with Crippen LogP contribution in [0, 0.1) is 17.2 Å². The molecule has 0 spiro atoms. The quantitative estimate of drug-likeness (QED) is 0.467. The van der Waals surface area contributed by atoms with Gasteiger partial charge in [0.1, 0.15) is 11.9 Å². The van der Waals surface area contributed by atoms with Crippen LogP contribution >= 0.6 is 0 Å². The number of benzene rings is 2. The van der Waals surface area contributed by atoms with Gasteiger partial charge in [0, 0.05) is 18.0 Å². The minimum atomic E-state index is -2.89. The summed E-state index contributed by atoms with van der Waals surface area (Å²) in [6.07, 6.45) is 1.68. The first-order valence-corrected chi connectivity index (χ1v) is 10.0. The molecule has 3 heterocycles. The van der Waals surface area contributed by atoms with Crippen LogP contribution in [-0.2, 0) is 0 Å². The zero-order chi connectivity index (χ0) is 21.6. The van der Waals surface area contributed by atoms with Gasteiger partial charge in [0.15, 0.2) is 5.65 Å². The number of hydrogen-bond acceptors (Lipinski definition) is 4. The van der Waals surface area contributed by atoms with Gasteiger partial charge >= 0.3 is 0 Å². The standard InChI is InChI=1S/C24H19F2N5/c1-16-15-30(23(24(16,25)26)18-7-3-2-4-8-18)22-11-10-21-28-14-20(31(21)29-22)19-9-5-6-17(12-19)13-27/h2-12,14,16,23H,15H2,1H3/t16-,23+/m0/s1. The lowest BCUT2D eigenvalue weighted by Crippen LogP contribution is -2.32. The Balaban J connectivity index is 1.62. The highest BCUT2D eigenvalue weighted by atomic mass is 19.3. The van der Waals surface area contributed by atoms with E-state index in [1.807, 2.05) is 12.1 Å². The highest BCUT2D eigenvalue weighted by Crippen LogP contribution is 2.49. The summed E-state index contributed by atoms with van der Waals surface area (Å²) in [5.74, 6) is -3.25. The van der Waals surface area contributed by atoms with Crippen molar-refractivity contribution >= 4 is 11.5 Å². The van der Waals surface area contributed by atoms with Crippen LogP contribution in [0.3, 0.4) is 0 Å². The Morgan fingerprint density at radius 2 is 1.87 bits per heavy atom. The average Bonchev–Trinajstić information content (AvgIpc) is 3.32. The van der Waals surface area contributed by atoms with Crippen molar-refractivity contribution in [3.8, 4) is 17.3 Å². The van der Waals surface area contributed by atoms with Crippen molar-refractivity contribution in [2.75, 3.05) is 11.4 Å². The fraction of sp³-hybridized carbons (Fsp3) is 0.208. The monoisotopic (exact) mass is 415 g/mol. The van der Waals surface area contributed by atoms with Gasteiger partial charge in [-0.25, -0.2) is 18.3 Å². The minimum absolute atomic E-state index is 0.193. The number of halogens is 2. The molecule has 154 valence electrons. The van der Waals surface area contributed by atoms with E-state index in [4.69, 9.17) is 0 Å². The zero-order valence-corrected chi connectivity index (χ0v) is 16.8. The lowest BCUT2D eigenvalue weighted by molar-refractivity contribution is -0.0437. The lowest BCUT2D eigenvalue weighted by atomic mass is 9.96. The maximum atomic E-state index is 15.2. The number of hydrogen-bond donors (Lipinski definition) is 0. The summed E-state index contributed by atoms with van der Waals surface area (Å²) in [5, 5.41) is 13.9. The third-order valence-electron chi connectivity index (χ3n) is 5.85. The number of nitrogens with zero attached hydrogens (tertiary/aromatic N) is 5. The van der Waals surface area contributed by atoms with Crippen molar-refractivity contribution in [3.05, 3.63) is 84.1 Å². The number of aromatic nitrogens is 3. The van der Waals surface area contributed by atoms with Gasteiger partial charge in [0.25, 0.3) is 5.92 Å². The number of nitriles is 1. The maximum absolute atomic E-state index is 15.2. The van der Waals surface area contributed by atoms with E-state index < -0.39 is 17.9 Å². The summed E-state index contributed by atoms with van der Waals surface area (Å²) in [7, 11) is 0. The van der Waals surface area contributed by atoms with Crippen LogP contribution in [0.25, 0.3) is 16.9 Å². The molecule has 1 saturated heterocycles. The molecule has 0 N–H and O–H groups in total. The highest BCUT2D eigenvalue weighted by Gasteiger charge is 2.55. The molecule has 1 aliphatic heterocycles. The van der Waals surface area contributed by atoms with Crippen LogP contribution in [0.1, 0.15) is 24.1 Å². The summed E-state index contributed by atoms with van der Waals surface area (Å²) in [4.78, 5) is 6.07. The Morgan fingerprint density at radius 1 is 1.06 bits per heavy atom. The molecule has 4 aromatic rings. The van der Waals surface area contributed by atoms with Gasteiger partial charge in [-0.1, -0.05) is 49.4 Å². The van der Waals surface area contributed by atoms with Gasteiger partial charge in [-0.05, 0) is 29.8 Å². The van der Waals surface area contributed by atoms with Crippen molar-refractivity contribution in [1.82, 2.24) is 14.6 Å². The number of anilines is 1. The minimum Gasteiger partial charge on any atom is -0.342 e. The fourth-order valence-corrected chi connectivity index (χ4v) is 4.22. The first-order valence-electron chi connectivity index (χ1n) is 10.0. The molecular formula is C24H19F2N5. The van der Waals surface area contributed by atoms with Crippen LogP contribution in [0.2, 0.25) is 0 Å². The molecule has 0 radical (unpaired) electrons. The molecular weight excluding hydrogens is 396 g/mol. The molecule has 0 saturated carbocycles. The molecule has 1 aliphatic rings. The maximum Gasteiger partial charge on any atom is 0.276 e. The van der Waals surface area contributed by atoms with E-state index in [9.17, 15) is 5.26 Å². The Hall–Kier alpha value is -3.79. The van der Waals surface area contributed by atoms with E-state index in [0.29, 0.717) is 28.3 Å². The number of imidazole rings is 1. The van der Waals surface area contributed by atoms with Crippen LogP contribution in [0.5, 0.6) is 0 Å². The summed E-state index contributed by atoms with van der Waals surface area (Å²) in [5.41, 5.74) is 3.18. The molecule has 2 atom stereocenters. The van der Waals surface area contributed by atoms with Crippen LogP contribution in [0.15, 0.2) is 72.9 Å². The molecule has 0 aliphatic carbocycles. The number of rotatable bonds is 3. The van der Waals surface area contributed by atoms with Gasteiger partial charge in [-0.3, -0.25) is 0 Å². The third-order valence-corrected chi connectivity index (χ3v) is 5.85. The zero-order valence-electron chi connectivity index (χ0n) is 16.8. The fourth-order valence-electron chi connectivity index (χ4n) is 4.22. The van der Waals surface area contributed by atoms with Crippen molar-refractivity contribution < 1.29 is 8.78 Å². The predicted molar refractivity (Wildman–Crippen MR) is 114 cm³/mol. The predicted octanol–water partition coefficient (Wildman–Crippen LogP) is 5.10. The Morgan fingerprint density at radius 3 is 2.65 bits per heavy atom. The molecule has 5 rings (SSSR count). The first-order chi connectivity index (χ1) is 15.0. The average molecular weight is 415 g/mol. The Bertz CT molecular complexity index is 1290. The van der Waals surface area contributed by atoms with E-state index >= 15 is 8.78 Å². The molecule has 0 amide bonds. The van der Waals surface area contributed by atoms with Gasteiger partial charge in [0.05, 0.1) is 23.5 Å². The number of alkyl halides is 2. The highest BCUT2D eigenvalue weighted by molar-refractivity contribution is 5.65. The topological polar surface area (TPSA) is 57.2 Å². The molecule has 2 aromatic carbocycles. The van der Waals surface area contributed by atoms with E-state index in [2.05, 4.69) is 16.2 Å². The van der Waals surface area contributed by atoms with Gasteiger partial charge in [-0.15, -0.1) is 5.10 Å².